The van der Waals surface area contributed by atoms with Crippen LogP contribution in [0.1, 0.15) is 32.0 Å². The van der Waals surface area contributed by atoms with Crippen LogP contribution in [-0.4, -0.2) is 23.0 Å². The maximum absolute atomic E-state index is 11.9. The first-order chi connectivity index (χ1) is 10.6. The maximum atomic E-state index is 11.9. The van der Waals surface area contributed by atoms with Crippen molar-refractivity contribution in [2.45, 2.75) is 32.7 Å². The number of carbonyl (C=O) groups is 1. The molecule has 1 aromatic heterocycles. The van der Waals surface area contributed by atoms with Gasteiger partial charge in [-0.05, 0) is 48.1 Å². The molecule has 0 saturated heterocycles. The number of hydrogen-bond donors (Lipinski definition) is 2. The zero-order valence-electron chi connectivity index (χ0n) is 13.0. The number of nitrogens with one attached hydrogen (secondary N) is 2. The lowest BCUT2D eigenvalue weighted by Gasteiger charge is -2.07. The van der Waals surface area contributed by atoms with Gasteiger partial charge in [0.05, 0.1) is 25.5 Å². The van der Waals surface area contributed by atoms with Gasteiger partial charge in [0.2, 0.25) is 5.91 Å². The van der Waals surface area contributed by atoms with Crippen molar-refractivity contribution < 1.29 is 9.53 Å². The summed E-state index contributed by atoms with van der Waals surface area (Å²) < 4.78 is 5.15. The second-order valence-corrected chi connectivity index (χ2v) is 6.24. The van der Waals surface area contributed by atoms with E-state index < -0.39 is 0 Å². The fourth-order valence-corrected chi connectivity index (χ4v) is 2.39. The Kier molecular flexibility index (Phi) is 3.88. The molecule has 1 aliphatic carbocycles. The Hall–Kier alpha value is -2.30. The van der Waals surface area contributed by atoms with Crippen LogP contribution < -0.4 is 10.1 Å². The Morgan fingerprint density at radius 2 is 2.09 bits per heavy atom. The molecule has 0 unspecified atom stereocenters. The van der Waals surface area contributed by atoms with E-state index in [2.05, 4.69) is 22.2 Å². The molecular weight excluding hydrogens is 278 g/mol. The van der Waals surface area contributed by atoms with Gasteiger partial charge in [0.1, 0.15) is 11.6 Å². The summed E-state index contributed by atoms with van der Waals surface area (Å²) in [5.74, 6) is 1.69. The average molecular weight is 299 g/mol. The zero-order chi connectivity index (χ0) is 15.6. The predicted molar refractivity (Wildman–Crippen MR) is 84.4 cm³/mol. The van der Waals surface area contributed by atoms with Gasteiger partial charge in [0.15, 0.2) is 0 Å². The van der Waals surface area contributed by atoms with E-state index in [1.165, 1.54) is 0 Å². The molecule has 2 N–H and O–H groups in total. The number of hydrogen-bond acceptors (Lipinski definition) is 3. The van der Waals surface area contributed by atoms with Crippen molar-refractivity contribution in [1.29, 1.82) is 0 Å². The van der Waals surface area contributed by atoms with Crippen LogP contribution in [0.3, 0.4) is 0 Å². The average Bonchev–Trinajstić information content (AvgIpc) is 3.06. The second-order valence-electron chi connectivity index (χ2n) is 6.24. The molecule has 116 valence electrons. The molecule has 1 fully saturated rings. The number of imidazole rings is 1. The summed E-state index contributed by atoms with van der Waals surface area (Å²) in [5, 5.41) is 2.93. The topological polar surface area (TPSA) is 67.0 Å². The molecule has 3 rings (SSSR count). The maximum Gasteiger partial charge on any atom is 0.220 e. The Balaban J connectivity index is 1.57. The summed E-state index contributed by atoms with van der Waals surface area (Å²) in [6, 6.07) is 7.77. The highest BCUT2D eigenvalue weighted by Crippen LogP contribution is 2.47. The fourth-order valence-electron chi connectivity index (χ4n) is 2.39. The molecule has 1 aliphatic rings. The molecule has 5 nitrogen and oxygen atoms in total. The van der Waals surface area contributed by atoms with Crippen LogP contribution in [0.25, 0.3) is 11.3 Å². The minimum atomic E-state index is 0.0994. The van der Waals surface area contributed by atoms with Crippen LogP contribution in [-0.2, 0) is 11.3 Å². The molecule has 0 aliphatic heterocycles. The van der Waals surface area contributed by atoms with E-state index >= 15 is 0 Å². The lowest BCUT2D eigenvalue weighted by molar-refractivity contribution is -0.122. The van der Waals surface area contributed by atoms with Gasteiger partial charge in [-0.2, -0.15) is 0 Å². The molecule has 5 heteroatoms. The van der Waals surface area contributed by atoms with Gasteiger partial charge in [0, 0.05) is 6.42 Å². The van der Waals surface area contributed by atoms with Gasteiger partial charge in [-0.3, -0.25) is 4.79 Å². The van der Waals surface area contributed by atoms with Crippen LogP contribution in [0.4, 0.5) is 0 Å². The molecule has 1 aromatic carbocycles. The van der Waals surface area contributed by atoms with E-state index in [1.54, 1.807) is 13.3 Å². The largest absolute Gasteiger partial charge is 0.497 e. The Morgan fingerprint density at radius 3 is 2.73 bits per heavy atom. The summed E-state index contributed by atoms with van der Waals surface area (Å²) in [6.45, 7) is 2.59. The quantitative estimate of drug-likeness (QED) is 0.862. The van der Waals surface area contributed by atoms with E-state index in [1.807, 2.05) is 24.3 Å². The SMILES string of the molecule is COc1ccc(-c2cnc(CNC(=O)CC3(C)CC3)[nH]2)cc1. The highest BCUT2D eigenvalue weighted by Gasteiger charge is 2.38. The third-order valence-corrected chi connectivity index (χ3v) is 4.17. The molecule has 1 saturated carbocycles. The van der Waals surface area contributed by atoms with Crippen LogP contribution in [0.2, 0.25) is 0 Å². The molecule has 1 amide bonds. The minimum absolute atomic E-state index is 0.0994. The number of H-pyrrole nitrogens is 1. The second kappa shape index (κ2) is 5.83. The normalized spacial score (nSPS) is 15.4. The van der Waals surface area contributed by atoms with Crippen LogP contribution in [0.5, 0.6) is 5.75 Å². The summed E-state index contributed by atoms with van der Waals surface area (Å²) in [5.41, 5.74) is 2.21. The van der Waals surface area contributed by atoms with Crippen LogP contribution in [0.15, 0.2) is 30.5 Å². The Bertz CT molecular complexity index is 657. The zero-order valence-corrected chi connectivity index (χ0v) is 13.0. The van der Waals surface area contributed by atoms with Crippen molar-refractivity contribution >= 4 is 5.91 Å². The smallest absolute Gasteiger partial charge is 0.220 e. The van der Waals surface area contributed by atoms with Gasteiger partial charge in [-0.15, -0.1) is 0 Å². The first-order valence-corrected chi connectivity index (χ1v) is 7.53. The van der Waals surface area contributed by atoms with E-state index in [0.29, 0.717) is 13.0 Å². The molecule has 0 atom stereocenters. The van der Waals surface area contributed by atoms with Gasteiger partial charge in [0.25, 0.3) is 0 Å². The number of rotatable bonds is 6. The molecular formula is C17H21N3O2. The molecule has 0 bridgehead atoms. The first-order valence-electron chi connectivity index (χ1n) is 7.53. The van der Waals surface area contributed by atoms with Crippen molar-refractivity contribution in [3.8, 4) is 17.0 Å². The van der Waals surface area contributed by atoms with Gasteiger partial charge >= 0.3 is 0 Å². The number of ether oxygens (including phenoxy) is 1. The van der Waals surface area contributed by atoms with Crippen molar-refractivity contribution in [1.82, 2.24) is 15.3 Å². The number of aromatic amines is 1. The van der Waals surface area contributed by atoms with E-state index in [-0.39, 0.29) is 11.3 Å². The first kappa shape index (κ1) is 14.6. The minimum Gasteiger partial charge on any atom is -0.497 e. The van der Waals surface area contributed by atoms with Gasteiger partial charge < -0.3 is 15.0 Å². The van der Waals surface area contributed by atoms with Crippen molar-refractivity contribution in [3.05, 3.63) is 36.3 Å². The third-order valence-electron chi connectivity index (χ3n) is 4.17. The van der Waals surface area contributed by atoms with Crippen LogP contribution in [0, 0.1) is 5.41 Å². The van der Waals surface area contributed by atoms with Gasteiger partial charge in [-0.1, -0.05) is 6.92 Å². The number of carbonyl (C=O) groups excluding carboxylic acids is 1. The van der Waals surface area contributed by atoms with Gasteiger partial charge in [-0.25, -0.2) is 4.98 Å². The standard InChI is InChI=1S/C17H21N3O2/c1-17(7-8-17)9-16(21)19-11-15-18-10-14(20-15)12-3-5-13(22-2)6-4-12/h3-6,10H,7-9,11H2,1-2H3,(H,18,20)(H,19,21). The lowest BCUT2D eigenvalue weighted by atomic mass is 10.1. The van der Waals surface area contributed by atoms with Crippen LogP contribution >= 0.6 is 0 Å². The predicted octanol–water partition coefficient (Wildman–Crippen LogP) is 2.89. The lowest BCUT2D eigenvalue weighted by Crippen LogP contribution is -2.25. The highest BCUT2D eigenvalue weighted by atomic mass is 16.5. The van der Waals surface area contributed by atoms with Crippen molar-refractivity contribution in [2.75, 3.05) is 7.11 Å². The van der Waals surface area contributed by atoms with E-state index in [9.17, 15) is 4.79 Å². The van der Waals surface area contributed by atoms with E-state index in [4.69, 9.17) is 4.74 Å². The fraction of sp³-hybridized carbons (Fsp3) is 0.412. The van der Waals surface area contributed by atoms with Crippen molar-refractivity contribution in [3.63, 3.8) is 0 Å². The number of benzene rings is 1. The van der Waals surface area contributed by atoms with Crippen molar-refractivity contribution in [2.24, 2.45) is 5.41 Å². The monoisotopic (exact) mass is 299 g/mol. The summed E-state index contributed by atoms with van der Waals surface area (Å²) >= 11 is 0. The number of nitrogens with zero attached hydrogens (tertiary/aromatic N) is 1. The highest BCUT2D eigenvalue weighted by molar-refractivity contribution is 5.77. The molecule has 0 spiro atoms. The summed E-state index contributed by atoms with van der Waals surface area (Å²) in [6.07, 6.45) is 4.70. The summed E-state index contributed by atoms with van der Waals surface area (Å²) in [7, 11) is 1.65. The Morgan fingerprint density at radius 1 is 1.36 bits per heavy atom. The molecule has 22 heavy (non-hydrogen) atoms. The van der Waals surface area contributed by atoms with E-state index in [0.717, 1.165) is 35.7 Å². The molecule has 1 heterocycles. The third kappa shape index (κ3) is 3.47. The number of amides is 1. The Labute approximate surface area is 130 Å². The molecule has 2 aromatic rings. The number of aromatic nitrogens is 2. The number of methoxy groups -OCH3 is 1. The summed E-state index contributed by atoms with van der Waals surface area (Å²) in [4.78, 5) is 19.4. The molecule has 0 radical (unpaired) electrons.